The van der Waals surface area contributed by atoms with Crippen LogP contribution in [0.5, 0.6) is 0 Å². The fourth-order valence-electron chi connectivity index (χ4n) is 3.65. The standard InChI is InChI=1S/C24H20N4O2S/c1-16-8-10-17(11-9-16)20-13-21(22-7-4-12-30-22)28(27-20)23(29)14-31-24-18-5-2-3-6-19(18)25-15-26-24/h2-12,15,21H,13-14H2,1H3/t21-/m1/s1. The summed E-state index contributed by atoms with van der Waals surface area (Å²) in [4.78, 5) is 21.9. The Hall–Kier alpha value is -3.45. The van der Waals surface area contributed by atoms with Gasteiger partial charge in [-0.2, -0.15) is 5.10 Å². The molecule has 2 aromatic carbocycles. The maximum absolute atomic E-state index is 13.2. The van der Waals surface area contributed by atoms with Gasteiger partial charge in [0.2, 0.25) is 0 Å². The molecule has 0 spiro atoms. The maximum atomic E-state index is 13.2. The monoisotopic (exact) mass is 428 g/mol. The predicted molar refractivity (Wildman–Crippen MR) is 121 cm³/mol. The van der Waals surface area contributed by atoms with Crippen LogP contribution in [0.2, 0.25) is 0 Å². The molecule has 0 aliphatic carbocycles. The van der Waals surface area contributed by atoms with Gasteiger partial charge in [-0.05, 0) is 30.7 Å². The second kappa shape index (κ2) is 8.35. The lowest BCUT2D eigenvalue weighted by atomic mass is 10.0. The van der Waals surface area contributed by atoms with Crippen LogP contribution in [0.3, 0.4) is 0 Å². The number of nitrogens with zero attached hydrogens (tertiary/aromatic N) is 4. The van der Waals surface area contributed by atoms with Gasteiger partial charge < -0.3 is 4.42 Å². The first-order valence-corrected chi connectivity index (χ1v) is 11.0. The van der Waals surface area contributed by atoms with Crippen molar-refractivity contribution in [3.05, 3.63) is 90.1 Å². The van der Waals surface area contributed by atoms with Crippen molar-refractivity contribution in [2.24, 2.45) is 5.10 Å². The molecule has 1 amide bonds. The van der Waals surface area contributed by atoms with Crippen molar-refractivity contribution in [3.63, 3.8) is 0 Å². The van der Waals surface area contributed by atoms with E-state index < -0.39 is 0 Å². The Morgan fingerprint density at radius 3 is 2.74 bits per heavy atom. The quantitative estimate of drug-likeness (QED) is 0.330. The Bertz CT molecular complexity index is 1250. The summed E-state index contributed by atoms with van der Waals surface area (Å²) < 4.78 is 5.63. The molecule has 0 saturated carbocycles. The van der Waals surface area contributed by atoms with Crippen molar-refractivity contribution < 1.29 is 9.21 Å². The third kappa shape index (κ3) is 3.96. The molecule has 4 aromatic rings. The van der Waals surface area contributed by atoms with Gasteiger partial charge in [0, 0.05) is 11.8 Å². The van der Waals surface area contributed by atoms with Gasteiger partial charge in [0.1, 0.15) is 23.2 Å². The SMILES string of the molecule is Cc1ccc(C2=NN(C(=O)CSc3ncnc4ccccc34)[C@@H](c3ccco3)C2)cc1. The molecule has 0 unspecified atom stereocenters. The molecule has 0 saturated heterocycles. The van der Waals surface area contributed by atoms with Crippen LogP contribution in [0.1, 0.15) is 29.3 Å². The zero-order valence-corrected chi connectivity index (χ0v) is 17.7. The number of benzene rings is 2. The highest BCUT2D eigenvalue weighted by Gasteiger charge is 2.34. The predicted octanol–water partition coefficient (Wildman–Crippen LogP) is 5.00. The van der Waals surface area contributed by atoms with E-state index in [2.05, 4.69) is 29.0 Å². The molecule has 0 fully saturated rings. The fourth-order valence-corrected chi connectivity index (χ4v) is 4.50. The number of hydrazone groups is 1. The molecule has 154 valence electrons. The lowest BCUT2D eigenvalue weighted by Gasteiger charge is -2.19. The van der Waals surface area contributed by atoms with Crippen LogP contribution < -0.4 is 0 Å². The summed E-state index contributed by atoms with van der Waals surface area (Å²) >= 11 is 1.40. The minimum atomic E-state index is -0.249. The van der Waals surface area contributed by atoms with Crippen LogP contribution in [0, 0.1) is 6.92 Å². The Labute approximate surface area is 184 Å². The highest BCUT2D eigenvalue weighted by molar-refractivity contribution is 8.00. The summed E-state index contributed by atoms with van der Waals surface area (Å²) in [5.41, 5.74) is 3.95. The van der Waals surface area contributed by atoms with E-state index in [-0.39, 0.29) is 17.7 Å². The lowest BCUT2D eigenvalue weighted by molar-refractivity contribution is -0.130. The topological polar surface area (TPSA) is 71.6 Å². The van der Waals surface area contributed by atoms with E-state index in [1.807, 2.05) is 48.5 Å². The fraction of sp³-hybridized carbons (Fsp3) is 0.167. The summed E-state index contributed by atoms with van der Waals surface area (Å²) in [6.45, 7) is 2.05. The first kappa shape index (κ1) is 19.5. The highest BCUT2D eigenvalue weighted by atomic mass is 32.2. The second-order valence-corrected chi connectivity index (χ2v) is 8.34. The summed E-state index contributed by atoms with van der Waals surface area (Å²) in [5.74, 6) is 0.871. The lowest BCUT2D eigenvalue weighted by Crippen LogP contribution is -2.28. The second-order valence-electron chi connectivity index (χ2n) is 7.37. The van der Waals surface area contributed by atoms with Gasteiger partial charge in [-0.15, -0.1) is 0 Å². The van der Waals surface area contributed by atoms with Crippen LogP contribution in [0.4, 0.5) is 0 Å². The molecule has 31 heavy (non-hydrogen) atoms. The zero-order valence-electron chi connectivity index (χ0n) is 16.9. The van der Waals surface area contributed by atoms with E-state index in [1.165, 1.54) is 23.7 Å². The third-order valence-corrected chi connectivity index (χ3v) is 6.25. The van der Waals surface area contributed by atoms with E-state index in [0.29, 0.717) is 6.42 Å². The van der Waals surface area contributed by atoms with Crippen LogP contribution in [-0.4, -0.2) is 32.3 Å². The summed E-state index contributed by atoms with van der Waals surface area (Å²) in [7, 11) is 0. The number of fused-ring (bicyclic) bond motifs is 1. The van der Waals surface area contributed by atoms with E-state index in [1.54, 1.807) is 11.3 Å². The average molecular weight is 429 g/mol. The molecule has 5 rings (SSSR count). The number of amides is 1. The Morgan fingerprint density at radius 2 is 1.94 bits per heavy atom. The average Bonchev–Trinajstić information content (AvgIpc) is 3.48. The minimum Gasteiger partial charge on any atom is -0.467 e. The number of rotatable bonds is 5. The van der Waals surface area contributed by atoms with Gasteiger partial charge >= 0.3 is 0 Å². The molecule has 2 aromatic heterocycles. The number of carbonyl (C=O) groups excluding carboxylic acids is 1. The molecular formula is C24H20N4O2S. The van der Waals surface area contributed by atoms with Crippen molar-refractivity contribution in [2.75, 3.05) is 5.75 Å². The van der Waals surface area contributed by atoms with Crippen LogP contribution in [-0.2, 0) is 4.79 Å². The third-order valence-electron chi connectivity index (χ3n) is 5.26. The molecule has 3 heterocycles. The highest BCUT2D eigenvalue weighted by Crippen LogP contribution is 2.34. The van der Waals surface area contributed by atoms with Crippen molar-refractivity contribution in [2.45, 2.75) is 24.4 Å². The van der Waals surface area contributed by atoms with E-state index >= 15 is 0 Å². The minimum absolute atomic E-state index is 0.0868. The molecule has 1 aliphatic rings. The smallest absolute Gasteiger partial charge is 0.253 e. The van der Waals surface area contributed by atoms with Crippen LogP contribution in [0.25, 0.3) is 10.9 Å². The van der Waals surface area contributed by atoms with Gasteiger partial charge in [-0.3, -0.25) is 4.79 Å². The first-order chi connectivity index (χ1) is 15.2. The summed E-state index contributed by atoms with van der Waals surface area (Å²) in [6.07, 6.45) is 3.78. The number of hydrogen-bond acceptors (Lipinski definition) is 6. The van der Waals surface area contributed by atoms with E-state index in [0.717, 1.165) is 33.0 Å². The number of para-hydroxylation sites is 1. The number of furan rings is 1. The molecule has 6 nitrogen and oxygen atoms in total. The normalized spacial score (nSPS) is 16.0. The molecule has 1 atom stereocenters. The van der Waals surface area contributed by atoms with Crippen molar-refractivity contribution >= 4 is 34.3 Å². The Morgan fingerprint density at radius 1 is 1.10 bits per heavy atom. The van der Waals surface area contributed by atoms with Gasteiger partial charge in [0.05, 0.1) is 23.2 Å². The number of thioether (sulfide) groups is 1. The molecule has 7 heteroatoms. The van der Waals surface area contributed by atoms with Gasteiger partial charge in [0.25, 0.3) is 5.91 Å². The van der Waals surface area contributed by atoms with Gasteiger partial charge in [-0.25, -0.2) is 15.0 Å². The summed E-state index contributed by atoms with van der Waals surface area (Å²) in [5, 5.41) is 7.98. The van der Waals surface area contributed by atoms with Gasteiger partial charge in [-0.1, -0.05) is 59.8 Å². The van der Waals surface area contributed by atoms with Crippen molar-refractivity contribution in [1.82, 2.24) is 15.0 Å². The van der Waals surface area contributed by atoms with E-state index in [9.17, 15) is 4.79 Å². The number of carbonyl (C=O) groups is 1. The molecule has 0 N–H and O–H groups in total. The largest absolute Gasteiger partial charge is 0.467 e. The Balaban J connectivity index is 1.39. The molecule has 0 bridgehead atoms. The van der Waals surface area contributed by atoms with E-state index in [4.69, 9.17) is 9.52 Å². The molecule has 1 aliphatic heterocycles. The number of aromatic nitrogens is 2. The number of aryl methyl sites for hydroxylation is 1. The zero-order chi connectivity index (χ0) is 21.2. The summed E-state index contributed by atoms with van der Waals surface area (Å²) in [6, 6.07) is 19.5. The number of hydrogen-bond donors (Lipinski definition) is 0. The van der Waals surface area contributed by atoms with Crippen LogP contribution >= 0.6 is 11.8 Å². The van der Waals surface area contributed by atoms with Gasteiger partial charge in [0.15, 0.2) is 0 Å². The first-order valence-electron chi connectivity index (χ1n) is 10.0. The maximum Gasteiger partial charge on any atom is 0.253 e. The van der Waals surface area contributed by atoms with Crippen LogP contribution in [0.15, 0.2) is 87.8 Å². The molecule has 0 radical (unpaired) electrons. The molecular weight excluding hydrogens is 408 g/mol. The van der Waals surface area contributed by atoms with Crippen molar-refractivity contribution in [3.8, 4) is 0 Å². The van der Waals surface area contributed by atoms with Crippen molar-refractivity contribution in [1.29, 1.82) is 0 Å². The Kier molecular flexibility index (Phi) is 5.26.